The van der Waals surface area contributed by atoms with Gasteiger partial charge in [0.15, 0.2) is 0 Å². The van der Waals surface area contributed by atoms with Gasteiger partial charge in [0.05, 0.1) is 6.04 Å². The summed E-state index contributed by atoms with van der Waals surface area (Å²) in [6, 6.07) is 1.92. The number of amides is 1. The van der Waals surface area contributed by atoms with E-state index in [1.807, 2.05) is 0 Å². The highest BCUT2D eigenvalue weighted by molar-refractivity contribution is 5.81. The number of piperidine rings is 1. The highest BCUT2D eigenvalue weighted by Crippen LogP contribution is 2.30. The normalized spacial score (nSPS) is 29.9. The minimum absolute atomic E-state index is 0.00815. The Hall–Kier alpha value is -0.610. The third kappa shape index (κ3) is 4.43. The average Bonchev–Trinajstić information content (AvgIpc) is 2.79. The van der Waals surface area contributed by atoms with Gasteiger partial charge in [-0.1, -0.05) is 20.8 Å². The van der Waals surface area contributed by atoms with Gasteiger partial charge in [0.1, 0.15) is 0 Å². The van der Waals surface area contributed by atoms with Crippen molar-refractivity contribution in [3.63, 3.8) is 0 Å². The molecule has 2 bridgehead atoms. The van der Waals surface area contributed by atoms with Gasteiger partial charge in [-0.25, -0.2) is 0 Å². The summed E-state index contributed by atoms with van der Waals surface area (Å²) in [5, 5.41) is 6.80. The van der Waals surface area contributed by atoms with E-state index in [-0.39, 0.29) is 11.9 Å². The average molecular weight is 295 g/mol. The van der Waals surface area contributed by atoms with Crippen molar-refractivity contribution in [1.29, 1.82) is 0 Å². The number of hydrogen-bond donors (Lipinski definition) is 2. The van der Waals surface area contributed by atoms with Crippen LogP contribution in [0.2, 0.25) is 0 Å². The zero-order valence-electron chi connectivity index (χ0n) is 14.2. The Morgan fingerprint density at radius 2 is 1.86 bits per heavy atom. The van der Waals surface area contributed by atoms with Crippen LogP contribution in [0.5, 0.6) is 0 Å². The molecule has 2 rings (SSSR count). The first-order chi connectivity index (χ1) is 10.0. The van der Waals surface area contributed by atoms with Crippen molar-refractivity contribution in [1.82, 2.24) is 15.5 Å². The number of rotatable bonds is 7. The minimum Gasteiger partial charge on any atom is -0.354 e. The molecule has 1 amide bonds. The fourth-order valence-electron chi connectivity index (χ4n) is 3.85. The number of carbonyl (C=O) groups is 1. The van der Waals surface area contributed by atoms with E-state index in [1.165, 1.54) is 25.7 Å². The zero-order chi connectivity index (χ0) is 15.4. The Labute approximate surface area is 130 Å². The van der Waals surface area contributed by atoms with Gasteiger partial charge in [-0.2, -0.15) is 0 Å². The lowest BCUT2D eigenvalue weighted by atomic mass is 9.96. The summed E-state index contributed by atoms with van der Waals surface area (Å²) in [5.41, 5.74) is 0. The van der Waals surface area contributed by atoms with Crippen LogP contribution in [-0.2, 0) is 4.79 Å². The first-order valence-corrected chi connectivity index (χ1v) is 8.80. The van der Waals surface area contributed by atoms with Crippen molar-refractivity contribution in [3.05, 3.63) is 0 Å². The molecule has 21 heavy (non-hydrogen) atoms. The number of fused-ring (bicyclic) bond motifs is 2. The predicted molar refractivity (Wildman–Crippen MR) is 87.3 cm³/mol. The Morgan fingerprint density at radius 1 is 1.24 bits per heavy atom. The zero-order valence-corrected chi connectivity index (χ0v) is 14.2. The Balaban J connectivity index is 1.95. The maximum Gasteiger partial charge on any atom is 0.237 e. The van der Waals surface area contributed by atoms with E-state index in [0.29, 0.717) is 24.0 Å². The molecule has 2 saturated heterocycles. The van der Waals surface area contributed by atoms with E-state index in [1.54, 1.807) is 0 Å². The summed E-state index contributed by atoms with van der Waals surface area (Å²) in [5.74, 6) is 0.707. The van der Waals surface area contributed by atoms with Gasteiger partial charge in [0.2, 0.25) is 5.91 Å². The van der Waals surface area contributed by atoms with Crippen molar-refractivity contribution in [2.75, 3.05) is 13.1 Å². The van der Waals surface area contributed by atoms with Crippen LogP contribution in [0.25, 0.3) is 0 Å². The van der Waals surface area contributed by atoms with Crippen LogP contribution in [0, 0.1) is 5.92 Å². The van der Waals surface area contributed by atoms with Crippen LogP contribution in [0.4, 0.5) is 0 Å². The second-order valence-corrected chi connectivity index (χ2v) is 7.32. The first kappa shape index (κ1) is 16.8. The SMILES string of the molecule is CCCN(C1CC2CCC(C1)N2)C(C)C(=O)NCC(C)C. The van der Waals surface area contributed by atoms with E-state index >= 15 is 0 Å². The third-order valence-electron chi connectivity index (χ3n) is 4.96. The second kappa shape index (κ2) is 7.59. The van der Waals surface area contributed by atoms with Gasteiger partial charge in [0.25, 0.3) is 0 Å². The van der Waals surface area contributed by atoms with Crippen molar-refractivity contribution in [2.45, 2.75) is 84.0 Å². The lowest BCUT2D eigenvalue weighted by Gasteiger charge is -2.40. The van der Waals surface area contributed by atoms with Gasteiger partial charge < -0.3 is 10.6 Å². The third-order valence-corrected chi connectivity index (χ3v) is 4.96. The van der Waals surface area contributed by atoms with Crippen LogP contribution < -0.4 is 10.6 Å². The number of hydrogen-bond acceptors (Lipinski definition) is 3. The summed E-state index contributed by atoms with van der Waals surface area (Å²) < 4.78 is 0. The molecule has 2 aliphatic heterocycles. The predicted octanol–water partition coefficient (Wildman–Crippen LogP) is 2.14. The molecule has 2 aliphatic rings. The topological polar surface area (TPSA) is 44.4 Å². The van der Waals surface area contributed by atoms with E-state index in [2.05, 4.69) is 43.2 Å². The standard InChI is InChI=1S/C17H33N3O/c1-5-8-20(13(4)17(21)18-11-12(2)3)16-9-14-6-7-15(10-16)19-14/h12-16,19H,5-11H2,1-4H3,(H,18,21). The largest absolute Gasteiger partial charge is 0.354 e. The Morgan fingerprint density at radius 3 is 2.38 bits per heavy atom. The van der Waals surface area contributed by atoms with Crippen LogP contribution in [-0.4, -0.2) is 48.1 Å². The lowest BCUT2D eigenvalue weighted by Crippen LogP contribution is -2.55. The molecule has 4 heteroatoms. The Kier molecular flexibility index (Phi) is 6.06. The molecule has 0 radical (unpaired) electrons. The molecule has 2 N–H and O–H groups in total. The van der Waals surface area contributed by atoms with Crippen molar-refractivity contribution in [2.24, 2.45) is 5.92 Å². The highest BCUT2D eigenvalue weighted by Gasteiger charge is 2.38. The van der Waals surface area contributed by atoms with Crippen molar-refractivity contribution in [3.8, 4) is 0 Å². The summed E-state index contributed by atoms with van der Waals surface area (Å²) >= 11 is 0. The molecule has 2 heterocycles. The molecule has 0 spiro atoms. The number of nitrogens with one attached hydrogen (secondary N) is 2. The first-order valence-electron chi connectivity index (χ1n) is 8.80. The summed E-state index contributed by atoms with van der Waals surface area (Å²) in [6.07, 6.45) is 6.15. The molecule has 3 atom stereocenters. The van der Waals surface area contributed by atoms with Gasteiger partial charge in [-0.15, -0.1) is 0 Å². The van der Waals surface area contributed by atoms with Crippen LogP contribution in [0.3, 0.4) is 0 Å². The van der Waals surface area contributed by atoms with E-state index in [4.69, 9.17) is 0 Å². The molecular weight excluding hydrogens is 262 g/mol. The van der Waals surface area contributed by atoms with Crippen LogP contribution in [0.1, 0.15) is 59.8 Å². The summed E-state index contributed by atoms with van der Waals surface area (Å²) in [4.78, 5) is 14.9. The number of carbonyl (C=O) groups excluding carboxylic acids is 1. The quantitative estimate of drug-likeness (QED) is 0.756. The Bertz CT molecular complexity index is 333. The van der Waals surface area contributed by atoms with Gasteiger partial charge in [-0.05, 0) is 51.5 Å². The van der Waals surface area contributed by atoms with Gasteiger partial charge >= 0.3 is 0 Å². The summed E-state index contributed by atoms with van der Waals surface area (Å²) in [7, 11) is 0. The molecule has 122 valence electrons. The summed E-state index contributed by atoms with van der Waals surface area (Å²) in [6.45, 7) is 10.4. The second-order valence-electron chi connectivity index (χ2n) is 7.32. The molecule has 0 aromatic carbocycles. The molecular formula is C17H33N3O. The van der Waals surface area contributed by atoms with Crippen molar-refractivity contribution >= 4 is 5.91 Å². The molecule has 0 aromatic heterocycles. The van der Waals surface area contributed by atoms with E-state index < -0.39 is 0 Å². The smallest absolute Gasteiger partial charge is 0.237 e. The highest BCUT2D eigenvalue weighted by atomic mass is 16.2. The van der Waals surface area contributed by atoms with Gasteiger partial charge in [0, 0.05) is 24.7 Å². The molecule has 0 aromatic rings. The molecule has 2 fully saturated rings. The molecule has 0 aliphatic carbocycles. The lowest BCUT2D eigenvalue weighted by molar-refractivity contribution is -0.127. The number of nitrogens with zero attached hydrogens (tertiary/aromatic N) is 1. The maximum atomic E-state index is 12.4. The van der Waals surface area contributed by atoms with E-state index in [0.717, 1.165) is 19.5 Å². The fraction of sp³-hybridized carbons (Fsp3) is 0.941. The molecule has 3 unspecified atom stereocenters. The molecule has 4 nitrogen and oxygen atoms in total. The maximum absolute atomic E-state index is 12.4. The van der Waals surface area contributed by atoms with E-state index in [9.17, 15) is 4.79 Å². The van der Waals surface area contributed by atoms with Crippen LogP contribution in [0.15, 0.2) is 0 Å². The van der Waals surface area contributed by atoms with Gasteiger partial charge in [-0.3, -0.25) is 9.69 Å². The van der Waals surface area contributed by atoms with Crippen molar-refractivity contribution < 1.29 is 4.79 Å². The minimum atomic E-state index is -0.00815. The monoisotopic (exact) mass is 295 g/mol. The fourth-order valence-corrected chi connectivity index (χ4v) is 3.85. The molecule has 0 saturated carbocycles. The van der Waals surface area contributed by atoms with Crippen LogP contribution >= 0.6 is 0 Å².